The van der Waals surface area contributed by atoms with Crippen molar-refractivity contribution in [3.63, 3.8) is 0 Å². The van der Waals surface area contributed by atoms with Gasteiger partial charge in [0, 0.05) is 35.9 Å². The van der Waals surface area contributed by atoms with E-state index >= 15 is 0 Å². The number of pyridine rings is 1. The second-order valence-corrected chi connectivity index (χ2v) is 9.89. The summed E-state index contributed by atoms with van der Waals surface area (Å²) in [6, 6.07) is 9.25. The van der Waals surface area contributed by atoms with E-state index in [9.17, 15) is 9.18 Å². The number of carbonyl (C=O) groups is 1. The molecule has 0 radical (unpaired) electrons. The number of halogens is 1. The summed E-state index contributed by atoms with van der Waals surface area (Å²) in [5.41, 5.74) is 1.89. The predicted molar refractivity (Wildman–Crippen MR) is 137 cm³/mol. The smallest absolute Gasteiger partial charge is 0.236 e. The van der Waals surface area contributed by atoms with E-state index < -0.39 is 11.2 Å². The first-order valence-corrected chi connectivity index (χ1v) is 12.3. The van der Waals surface area contributed by atoms with Crippen molar-refractivity contribution in [2.24, 2.45) is 0 Å². The Morgan fingerprint density at radius 2 is 2.00 bits per heavy atom. The van der Waals surface area contributed by atoms with Crippen LogP contribution in [-0.4, -0.2) is 48.0 Å². The van der Waals surface area contributed by atoms with Crippen LogP contribution in [0, 0.1) is 5.82 Å². The number of hydrogen-bond donors (Lipinski definition) is 2. The van der Waals surface area contributed by atoms with Gasteiger partial charge in [0.15, 0.2) is 16.8 Å². The van der Waals surface area contributed by atoms with Gasteiger partial charge >= 0.3 is 0 Å². The number of benzene rings is 1. The molecule has 0 unspecified atom stereocenters. The largest absolute Gasteiger partial charge is 0.364 e. The highest BCUT2D eigenvalue weighted by atomic mass is 32.1. The summed E-state index contributed by atoms with van der Waals surface area (Å²) < 4.78 is 14.7. The zero-order chi connectivity index (χ0) is 24.1. The fourth-order valence-electron chi connectivity index (χ4n) is 3.76. The number of carbonyl (C=O) groups excluding carboxylic acids is 1. The van der Waals surface area contributed by atoms with Crippen molar-refractivity contribution in [2.75, 3.05) is 37.8 Å². The average Bonchev–Trinajstić information content (AvgIpc) is 3.53. The predicted octanol–water partition coefficient (Wildman–Crippen LogP) is 5.11. The molecule has 178 valence electrons. The Hall–Kier alpha value is -3.10. The number of rotatable bonds is 10. The van der Waals surface area contributed by atoms with Crippen LogP contribution < -0.4 is 10.6 Å². The standard InChI is InChI=1S/C26H30FN5OS/c1-4-21-17-30-25(34-21)31-24(33)26(10-11-26)20-9-7-8-18(14-20)19-15-22(27)23(29-16-19)28-12-5-6-13-32(2)3/h5-9,14-17H,4,10-13H2,1-3H3,(H,28,29)(H,30,31,33)/b6-5+. The van der Waals surface area contributed by atoms with E-state index in [0.29, 0.717) is 17.2 Å². The van der Waals surface area contributed by atoms with Crippen LogP contribution in [0.3, 0.4) is 0 Å². The number of aryl methyl sites for hydroxylation is 1. The highest BCUT2D eigenvalue weighted by Crippen LogP contribution is 2.49. The molecule has 1 aromatic carbocycles. The SMILES string of the molecule is CCc1cnc(NC(=O)C2(c3cccc(-c4cnc(NC/C=C/CN(C)C)c(F)c4)c3)CC2)s1. The Labute approximate surface area is 203 Å². The molecule has 2 aromatic heterocycles. The molecule has 1 aliphatic rings. The monoisotopic (exact) mass is 479 g/mol. The summed E-state index contributed by atoms with van der Waals surface area (Å²) >= 11 is 1.51. The summed E-state index contributed by atoms with van der Waals surface area (Å²) in [7, 11) is 3.99. The van der Waals surface area contributed by atoms with E-state index in [-0.39, 0.29) is 11.7 Å². The van der Waals surface area contributed by atoms with Crippen LogP contribution in [0.5, 0.6) is 0 Å². The van der Waals surface area contributed by atoms with Gasteiger partial charge in [-0.3, -0.25) is 4.79 Å². The van der Waals surface area contributed by atoms with Crippen LogP contribution in [0.25, 0.3) is 11.1 Å². The fraction of sp³-hybridized carbons (Fsp3) is 0.346. The molecule has 34 heavy (non-hydrogen) atoms. The second kappa shape index (κ2) is 10.4. The lowest BCUT2D eigenvalue weighted by atomic mass is 9.92. The highest BCUT2D eigenvalue weighted by molar-refractivity contribution is 7.15. The lowest BCUT2D eigenvalue weighted by Crippen LogP contribution is -2.27. The van der Waals surface area contributed by atoms with Crippen molar-refractivity contribution >= 4 is 28.2 Å². The number of nitrogens with zero attached hydrogens (tertiary/aromatic N) is 3. The van der Waals surface area contributed by atoms with Gasteiger partial charge in [-0.05, 0) is 50.6 Å². The Balaban J connectivity index is 1.46. The van der Waals surface area contributed by atoms with Gasteiger partial charge in [0.25, 0.3) is 0 Å². The van der Waals surface area contributed by atoms with Gasteiger partial charge in [-0.2, -0.15) is 0 Å². The van der Waals surface area contributed by atoms with Gasteiger partial charge in [0.2, 0.25) is 5.91 Å². The highest BCUT2D eigenvalue weighted by Gasteiger charge is 2.51. The maximum Gasteiger partial charge on any atom is 0.236 e. The quantitative estimate of drug-likeness (QED) is 0.396. The number of amides is 1. The van der Waals surface area contributed by atoms with E-state index in [0.717, 1.165) is 41.8 Å². The Morgan fingerprint density at radius 3 is 2.68 bits per heavy atom. The van der Waals surface area contributed by atoms with Crippen LogP contribution in [-0.2, 0) is 16.6 Å². The van der Waals surface area contributed by atoms with Crippen molar-refractivity contribution in [1.29, 1.82) is 0 Å². The van der Waals surface area contributed by atoms with Crippen molar-refractivity contribution in [1.82, 2.24) is 14.9 Å². The summed E-state index contributed by atoms with van der Waals surface area (Å²) in [6.45, 7) is 3.40. The molecule has 1 amide bonds. The molecule has 6 nitrogen and oxygen atoms in total. The molecule has 0 spiro atoms. The molecule has 2 N–H and O–H groups in total. The van der Waals surface area contributed by atoms with Gasteiger partial charge in [-0.15, -0.1) is 11.3 Å². The molecular formula is C26H30FN5OS. The van der Waals surface area contributed by atoms with E-state index in [4.69, 9.17) is 0 Å². The molecule has 4 rings (SSSR count). The van der Waals surface area contributed by atoms with E-state index in [2.05, 4.69) is 32.4 Å². The summed E-state index contributed by atoms with van der Waals surface area (Å²) in [5.74, 6) is -0.214. The molecule has 1 aliphatic carbocycles. The van der Waals surface area contributed by atoms with Crippen LogP contribution >= 0.6 is 11.3 Å². The summed E-state index contributed by atoms with van der Waals surface area (Å²) in [5, 5.41) is 6.63. The van der Waals surface area contributed by atoms with Crippen LogP contribution in [0.4, 0.5) is 15.3 Å². The Kier molecular flexibility index (Phi) is 7.38. The summed E-state index contributed by atoms with van der Waals surface area (Å²) in [6.07, 6.45) is 9.90. The van der Waals surface area contributed by atoms with Gasteiger partial charge in [-0.25, -0.2) is 14.4 Å². The Morgan fingerprint density at radius 1 is 1.18 bits per heavy atom. The minimum atomic E-state index is -0.555. The Bertz CT molecular complexity index is 1190. The molecule has 1 saturated carbocycles. The topological polar surface area (TPSA) is 70.1 Å². The van der Waals surface area contributed by atoms with Gasteiger partial charge in [-0.1, -0.05) is 43.3 Å². The average molecular weight is 480 g/mol. The third-order valence-corrected chi connectivity index (χ3v) is 6.98. The number of thiazole rings is 1. The number of likely N-dealkylation sites (N-methyl/N-ethyl adjacent to an activating group) is 1. The maximum atomic E-state index is 14.7. The summed E-state index contributed by atoms with van der Waals surface area (Å²) in [4.78, 5) is 24.9. The molecule has 0 bridgehead atoms. The molecule has 2 heterocycles. The minimum absolute atomic E-state index is 0.0344. The van der Waals surface area contributed by atoms with Crippen molar-refractivity contribution in [3.05, 3.63) is 71.1 Å². The molecule has 0 saturated heterocycles. The first kappa shape index (κ1) is 24.0. The maximum absolute atomic E-state index is 14.7. The van der Waals surface area contributed by atoms with Crippen LogP contribution in [0.1, 0.15) is 30.2 Å². The zero-order valence-electron chi connectivity index (χ0n) is 19.8. The lowest BCUT2D eigenvalue weighted by molar-refractivity contribution is -0.118. The van der Waals surface area contributed by atoms with Gasteiger partial charge in [0.1, 0.15) is 0 Å². The van der Waals surface area contributed by atoms with Gasteiger partial charge in [0.05, 0.1) is 5.41 Å². The lowest BCUT2D eigenvalue weighted by Gasteiger charge is -2.16. The molecule has 3 aromatic rings. The van der Waals surface area contributed by atoms with Gasteiger partial charge < -0.3 is 15.5 Å². The van der Waals surface area contributed by atoms with Crippen LogP contribution in [0.2, 0.25) is 0 Å². The van der Waals surface area contributed by atoms with Crippen molar-refractivity contribution < 1.29 is 9.18 Å². The van der Waals surface area contributed by atoms with E-state index in [1.54, 1.807) is 12.4 Å². The molecule has 0 atom stereocenters. The third-order valence-electron chi connectivity index (χ3n) is 5.92. The third kappa shape index (κ3) is 5.51. The number of hydrogen-bond acceptors (Lipinski definition) is 6. The first-order valence-electron chi connectivity index (χ1n) is 11.5. The fourth-order valence-corrected chi connectivity index (χ4v) is 4.51. The number of aromatic nitrogens is 2. The van der Waals surface area contributed by atoms with Crippen molar-refractivity contribution in [3.8, 4) is 11.1 Å². The van der Waals surface area contributed by atoms with E-state index in [1.165, 1.54) is 17.4 Å². The molecule has 1 fully saturated rings. The van der Waals surface area contributed by atoms with Crippen LogP contribution in [0.15, 0.2) is 54.9 Å². The molecule has 8 heteroatoms. The van der Waals surface area contributed by atoms with E-state index in [1.807, 2.05) is 50.5 Å². The second-order valence-electron chi connectivity index (χ2n) is 8.77. The number of nitrogens with one attached hydrogen (secondary N) is 2. The minimum Gasteiger partial charge on any atom is -0.364 e. The first-order chi connectivity index (χ1) is 16.4. The zero-order valence-corrected chi connectivity index (χ0v) is 20.6. The normalized spacial score (nSPS) is 14.5. The van der Waals surface area contributed by atoms with Crippen molar-refractivity contribution in [2.45, 2.75) is 31.6 Å². The molecular weight excluding hydrogens is 449 g/mol. The molecule has 0 aliphatic heterocycles. The number of anilines is 2.